The molecule has 0 aromatic carbocycles. The van der Waals surface area contributed by atoms with E-state index in [2.05, 4.69) is 44.1 Å². The summed E-state index contributed by atoms with van der Waals surface area (Å²) in [5.41, 5.74) is 5.74. The molecule has 1 heterocycles. The van der Waals surface area contributed by atoms with Crippen LogP contribution in [0.15, 0.2) is 0 Å². The third-order valence-electron chi connectivity index (χ3n) is 16.2. The summed E-state index contributed by atoms with van der Waals surface area (Å²) >= 11 is 1.09. The van der Waals surface area contributed by atoms with Crippen molar-refractivity contribution < 1.29 is 82.6 Å². The molecule has 0 spiro atoms. The monoisotopic (exact) mass is 1260 g/mol. The van der Waals surface area contributed by atoms with E-state index in [4.69, 9.17) is 15.2 Å². The van der Waals surface area contributed by atoms with Crippen molar-refractivity contribution >= 4 is 76.9 Å². The highest BCUT2D eigenvalue weighted by Gasteiger charge is 2.44. The highest BCUT2D eigenvalue weighted by molar-refractivity contribution is 8.01. The highest BCUT2D eigenvalue weighted by Crippen LogP contribution is 2.35. The van der Waals surface area contributed by atoms with Gasteiger partial charge in [0.05, 0.1) is 48.8 Å². The molecule has 0 radical (unpaired) electrons. The predicted octanol–water partition coefficient (Wildman–Crippen LogP) is 1.35. The summed E-state index contributed by atoms with van der Waals surface area (Å²) in [7, 11) is 6.19. The fourth-order valence-electron chi connectivity index (χ4n) is 11.0. The number of nitrogens with zero attached hydrogens (tertiary/aromatic N) is 2. The van der Waals surface area contributed by atoms with Crippen LogP contribution in [0.3, 0.4) is 0 Å². The smallest absolute Gasteiger partial charge is 0.328 e. The summed E-state index contributed by atoms with van der Waals surface area (Å²) < 4.78 is 11.5. The number of thioether (sulfide) groups is 1. The normalized spacial score (nSPS) is 18.3. The van der Waals surface area contributed by atoms with E-state index in [0.717, 1.165) is 43.9 Å². The second kappa shape index (κ2) is 39.4. The third-order valence-corrected chi connectivity index (χ3v) is 17.7. The number of likely N-dealkylation sites (N-methyl/N-ethyl adjacent to an activating group) is 2. The zero-order valence-electron chi connectivity index (χ0n) is 54.0. The minimum Gasteiger partial charge on any atom is -0.481 e. The number of carbonyl (C=O) groups is 11. The van der Waals surface area contributed by atoms with E-state index in [9.17, 15) is 73.2 Å². The Bertz CT molecular complexity index is 2260. The molecule has 87 heavy (non-hydrogen) atoms. The van der Waals surface area contributed by atoms with Crippen molar-refractivity contribution in [3.05, 3.63) is 0 Å². The van der Waals surface area contributed by atoms with E-state index in [1.165, 1.54) is 28.1 Å². The van der Waals surface area contributed by atoms with Gasteiger partial charge in [-0.1, -0.05) is 101 Å². The van der Waals surface area contributed by atoms with Gasteiger partial charge in [0, 0.05) is 58.5 Å². The summed E-state index contributed by atoms with van der Waals surface area (Å²) in [6, 6.07) is -9.61. The van der Waals surface area contributed by atoms with Crippen LogP contribution in [0.5, 0.6) is 0 Å². The number of carboxylic acid groups (broad SMARTS) is 3. The minimum absolute atomic E-state index is 0.0168. The predicted molar refractivity (Wildman–Crippen MR) is 328 cm³/mol. The molecule has 15 unspecified atom stereocenters. The molecule has 0 bridgehead atoms. The van der Waals surface area contributed by atoms with Gasteiger partial charge in [-0.05, 0) is 63.8 Å². The lowest BCUT2D eigenvalue weighted by atomic mass is 9.89. The SMILES string of the molecule is CCCCCC(C)C(NC)C(=O)NC(C(=O)N(C)C(C(C)CC)C(CC(=O)N1CCCC1C(OC)C(C)C(=O)NC(C(=O)NC(CCC(=O)O)C(=O)NC(CNC(=O)C(CN)NC(=O)CC(SC(C)(C)CCC)C(=O)O)C(=O)O)C(C)O)OC)C(C)C. The molecule has 1 aliphatic rings. The van der Waals surface area contributed by atoms with E-state index >= 15 is 0 Å². The molecule has 0 saturated carbocycles. The maximum atomic E-state index is 14.5. The van der Waals surface area contributed by atoms with Crippen LogP contribution in [-0.4, -0.2) is 220 Å². The molecule has 0 aliphatic carbocycles. The van der Waals surface area contributed by atoms with Gasteiger partial charge in [-0.15, -0.1) is 11.8 Å². The zero-order chi connectivity index (χ0) is 66.6. The average molecular weight is 1260 g/mol. The topological polar surface area (TPSA) is 404 Å². The van der Waals surface area contributed by atoms with Gasteiger partial charge in [-0.3, -0.25) is 47.9 Å². The molecular weight excluding hydrogens is 1150 g/mol. The molecule has 8 amide bonds. The van der Waals surface area contributed by atoms with Crippen LogP contribution in [0.4, 0.5) is 0 Å². The standard InChI is InChI=1S/C59H106N10O17S/c1-16-19-20-22-34(7)47(61-12)54(78)66-46(32(4)5)56(80)68(13)49(33(6)18-3)41(85-14)28-44(72)69-27-21-23-40(69)50(86-15)35(8)51(75)67-48(36(9)70)55(79)64-37(24-25-45(73)74)53(77)65-39(57(81)82)31-62-52(76)38(30-60)63-43(71)29-42(58(83)84)87-59(10,11)26-17-2/h32-42,46-50,61,70H,16-31,60H2,1-15H3,(H,62,76)(H,63,71)(H,64,79)(H,65,77)(H,66,78)(H,67,75)(H,73,74)(H,81,82)(H,83,84). The fraction of sp³-hybridized carbons (Fsp3) is 0.814. The van der Waals surface area contributed by atoms with Gasteiger partial charge in [0.2, 0.25) is 47.3 Å². The number of hydrogen-bond acceptors (Lipinski definition) is 17. The van der Waals surface area contributed by atoms with Crippen molar-refractivity contribution in [3.8, 4) is 0 Å². The lowest BCUT2D eigenvalue weighted by Crippen LogP contribution is -2.60. The number of aliphatic hydroxyl groups excluding tert-OH is 1. The Morgan fingerprint density at radius 1 is 0.713 bits per heavy atom. The van der Waals surface area contributed by atoms with Gasteiger partial charge in [0.1, 0.15) is 35.5 Å². The second-order valence-corrected chi connectivity index (χ2v) is 25.8. The first kappa shape index (κ1) is 79.3. The number of amides is 8. The number of aliphatic hydroxyl groups is 1. The maximum absolute atomic E-state index is 14.5. The molecule has 13 N–H and O–H groups in total. The Morgan fingerprint density at radius 3 is 1.83 bits per heavy atom. The van der Waals surface area contributed by atoms with Crippen LogP contribution in [0.2, 0.25) is 0 Å². The summed E-state index contributed by atoms with van der Waals surface area (Å²) in [5.74, 6) is -11.8. The second-order valence-electron chi connectivity index (χ2n) is 23.9. The first-order valence-corrected chi connectivity index (χ1v) is 31.4. The number of aliphatic carboxylic acids is 3. The molecule has 1 rings (SSSR count). The van der Waals surface area contributed by atoms with E-state index in [1.54, 1.807) is 23.9 Å². The zero-order valence-corrected chi connectivity index (χ0v) is 54.8. The Kier molecular flexibility index (Phi) is 35.9. The molecule has 500 valence electrons. The number of rotatable bonds is 43. The summed E-state index contributed by atoms with van der Waals surface area (Å²) in [4.78, 5) is 150. The average Bonchev–Trinajstić information content (AvgIpc) is 2.47. The number of methoxy groups -OCH3 is 2. The van der Waals surface area contributed by atoms with Crippen LogP contribution < -0.4 is 43.0 Å². The van der Waals surface area contributed by atoms with Crippen molar-refractivity contribution in [1.82, 2.24) is 47.0 Å². The largest absolute Gasteiger partial charge is 0.481 e. The van der Waals surface area contributed by atoms with E-state index in [-0.39, 0.29) is 48.4 Å². The van der Waals surface area contributed by atoms with Crippen molar-refractivity contribution in [1.29, 1.82) is 0 Å². The van der Waals surface area contributed by atoms with Crippen molar-refractivity contribution in [2.24, 2.45) is 29.4 Å². The molecular formula is C59H106N10O17S. The van der Waals surface area contributed by atoms with Crippen molar-refractivity contribution in [3.63, 3.8) is 0 Å². The maximum Gasteiger partial charge on any atom is 0.328 e. The third kappa shape index (κ3) is 25.8. The quantitative estimate of drug-likeness (QED) is 0.0383. The highest BCUT2D eigenvalue weighted by atomic mass is 32.2. The van der Waals surface area contributed by atoms with Crippen LogP contribution >= 0.6 is 11.8 Å². The molecule has 27 nitrogen and oxygen atoms in total. The molecule has 0 aromatic heterocycles. The van der Waals surface area contributed by atoms with Gasteiger partial charge in [0.15, 0.2) is 0 Å². The molecule has 1 aliphatic heterocycles. The molecule has 1 saturated heterocycles. The lowest BCUT2D eigenvalue weighted by Gasteiger charge is -2.41. The molecule has 15 atom stereocenters. The van der Waals surface area contributed by atoms with Crippen LogP contribution in [0.1, 0.15) is 160 Å². The Balaban J connectivity index is 3.32. The number of nitrogens with two attached hydrogens (primary N) is 1. The van der Waals surface area contributed by atoms with Crippen LogP contribution in [0, 0.1) is 23.7 Å². The van der Waals surface area contributed by atoms with Crippen LogP contribution in [0.25, 0.3) is 0 Å². The Hall–Kier alpha value is -5.68. The molecule has 1 fully saturated rings. The van der Waals surface area contributed by atoms with Crippen molar-refractivity contribution in [2.75, 3.05) is 47.9 Å². The Morgan fingerprint density at radius 2 is 1.32 bits per heavy atom. The van der Waals surface area contributed by atoms with Gasteiger partial charge < -0.3 is 82.7 Å². The first-order valence-electron chi connectivity index (χ1n) is 30.5. The number of nitrogens with one attached hydrogen (secondary N) is 7. The van der Waals surface area contributed by atoms with E-state index < -0.39 is 162 Å². The number of unbranched alkanes of at least 4 members (excludes halogenated alkanes) is 2. The lowest BCUT2D eigenvalue weighted by molar-refractivity contribution is -0.148. The molecule has 28 heteroatoms. The number of carbonyl (C=O) groups excluding carboxylic acids is 8. The van der Waals surface area contributed by atoms with Crippen molar-refractivity contribution in [2.45, 2.75) is 236 Å². The fourth-order valence-corrected chi connectivity index (χ4v) is 12.4. The van der Waals surface area contributed by atoms with Gasteiger partial charge in [-0.25, -0.2) is 4.79 Å². The molecule has 0 aromatic rings. The Labute approximate surface area is 518 Å². The first-order chi connectivity index (χ1) is 40.7. The number of likely N-dealkylation sites (tertiary alicyclic amines) is 1. The summed E-state index contributed by atoms with van der Waals surface area (Å²) in [6.07, 6.45) is 1.48. The summed E-state index contributed by atoms with van der Waals surface area (Å²) in [5, 5.41) is 56.8. The number of carboxylic acids is 3. The van der Waals surface area contributed by atoms with E-state index in [0.29, 0.717) is 25.7 Å². The number of ether oxygens (including phenoxy) is 2. The van der Waals surface area contributed by atoms with Gasteiger partial charge >= 0.3 is 17.9 Å². The number of hydrogen-bond donors (Lipinski definition) is 12. The van der Waals surface area contributed by atoms with Crippen LogP contribution in [-0.2, 0) is 62.2 Å². The summed E-state index contributed by atoms with van der Waals surface area (Å²) in [6.45, 7) is 19.0. The van der Waals surface area contributed by atoms with Gasteiger partial charge in [0.25, 0.3) is 0 Å². The van der Waals surface area contributed by atoms with Gasteiger partial charge in [-0.2, -0.15) is 0 Å². The van der Waals surface area contributed by atoms with E-state index in [1.807, 2.05) is 55.4 Å². The minimum atomic E-state index is -1.91.